The maximum atomic E-state index is 12.0. The molecule has 1 heterocycles. The van der Waals surface area contributed by atoms with E-state index in [-0.39, 0.29) is 23.9 Å². The van der Waals surface area contributed by atoms with E-state index in [1.54, 1.807) is 6.92 Å². The zero-order valence-corrected chi connectivity index (χ0v) is 13.1. The van der Waals surface area contributed by atoms with E-state index in [1.165, 1.54) is 0 Å². The molecule has 0 aromatic heterocycles. The number of Topliss-reactive ketones (excluding diaryl/α,β-unsaturated/α-hetero) is 1. The second-order valence-electron chi connectivity index (χ2n) is 5.69. The van der Waals surface area contributed by atoms with Gasteiger partial charge in [0.05, 0.1) is 18.1 Å². The van der Waals surface area contributed by atoms with E-state index in [1.807, 2.05) is 24.3 Å². The second kappa shape index (κ2) is 6.70. The highest BCUT2D eigenvalue weighted by Crippen LogP contribution is 2.22. The third-order valence-electron chi connectivity index (χ3n) is 3.70. The molecule has 2 rings (SSSR count). The minimum Gasteiger partial charge on any atom is -0.373 e. The van der Waals surface area contributed by atoms with Crippen LogP contribution in [0.1, 0.15) is 32.3 Å². The monoisotopic (exact) mass is 295 g/mol. The van der Waals surface area contributed by atoms with Crippen LogP contribution in [0.4, 0.5) is 0 Å². The Bertz CT molecular complexity index is 450. The zero-order valence-electron chi connectivity index (χ0n) is 12.3. The lowest BCUT2D eigenvalue weighted by molar-refractivity contribution is -0.120. The number of ether oxygens (including phenoxy) is 1. The van der Waals surface area contributed by atoms with Crippen molar-refractivity contribution < 1.29 is 9.53 Å². The molecule has 1 aromatic rings. The van der Waals surface area contributed by atoms with Gasteiger partial charge in [-0.3, -0.25) is 9.69 Å². The molecule has 4 heteroatoms. The van der Waals surface area contributed by atoms with E-state index < -0.39 is 0 Å². The van der Waals surface area contributed by atoms with Crippen molar-refractivity contribution in [2.75, 3.05) is 19.6 Å². The van der Waals surface area contributed by atoms with Crippen LogP contribution in [-0.4, -0.2) is 42.5 Å². The van der Waals surface area contributed by atoms with Crippen molar-refractivity contribution in [3.63, 3.8) is 0 Å². The Kier molecular flexibility index (Phi) is 5.19. The lowest BCUT2D eigenvalue weighted by atomic mass is 9.94. The molecular weight excluding hydrogens is 274 g/mol. The van der Waals surface area contributed by atoms with Crippen LogP contribution in [0, 0.1) is 0 Å². The molecule has 1 fully saturated rings. The van der Waals surface area contributed by atoms with Crippen LogP contribution >= 0.6 is 11.6 Å². The minimum absolute atomic E-state index is 0.0928. The molecule has 0 radical (unpaired) electrons. The van der Waals surface area contributed by atoms with Crippen molar-refractivity contribution in [2.24, 2.45) is 0 Å². The van der Waals surface area contributed by atoms with E-state index in [2.05, 4.69) is 18.7 Å². The minimum atomic E-state index is -0.0928. The van der Waals surface area contributed by atoms with E-state index in [0.717, 1.165) is 25.2 Å². The first-order valence-corrected chi connectivity index (χ1v) is 7.47. The Morgan fingerprint density at radius 3 is 2.35 bits per heavy atom. The molecule has 1 saturated heterocycles. The van der Waals surface area contributed by atoms with Gasteiger partial charge in [0.15, 0.2) is 0 Å². The van der Waals surface area contributed by atoms with Crippen LogP contribution in [0.25, 0.3) is 0 Å². The number of carbonyl (C=O) groups excluding carboxylic acids is 1. The van der Waals surface area contributed by atoms with Crippen molar-refractivity contribution in [1.29, 1.82) is 0 Å². The molecule has 0 aliphatic carbocycles. The molecule has 1 aliphatic rings. The molecule has 1 aliphatic heterocycles. The molecule has 0 spiro atoms. The van der Waals surface area contributed by atoms with Crippen LogP contribution in [0.15, 0.2) is 24.3 Å². The van der Waals surface area contributed by atoms with Gasteiger partial charge in [-0.05, 0) is 38.5 Å². The van der Waals surface area contributed by atoms with Crippen LogP contribution in [0.5, 0.6) is 0 Å². The van der Waals surface area contributed by atoms with E-state index in [0.29, 0.717) is 5.02 Å². The van der Waals surface area contributed by atoms with Crippen LogP contribution in [0.2, 0.25) is 5.02 Å². The van der Waals surface area contributed by atoms with Crippen LogP contribution in [-0.2, 0) is 9.53 Å². The highest BCUT2D eigenvalue weighted by Gasteiger charge is 2.26. The summed E-state index contributed by atoms with van der Waals surface area (Å²) in [6.45, 7) is 8.31. The smallest absolute Gasteiger partial charge is 0.138 e. The molecule has 20 heavy (non-hydrogen) atoms. The molecule has 0 N–H and O–H groups in total. The second-order valence-corrected chi connectivity index (χ2v) is 6.13. The van der Waals surface area contributed by atoms with Gasteiger partial charge in [0.1, 0.15) is 5.78 Å². The summed E-state index contributed by atoms with van der Waals surface area (Å²) in [6, 6.07) is 7.58. The first-order chi connectivity index (χ1) is 9.45. The standard InChI is InChI=1S/C16H22ClNO2/c1-11-8-18(9-12(2)20-11)10-16(13(3)19)14-4-6-15(17)7-5-14/h4-7,11-12,16H,8-10H2,1-3H3. The molecule has 3 nitrogen and oxygen atoms in total. The predicted octanol–water partition coefficient (Wildman–Crippen LogP) is 3.12. The fourth-order valence-electron chi connectivity index (χ4n) is 2.86. The molecule has 1 aromatic carbocycles. The van der Waals surface area contributed by atoms with E-state index >= 15 is 0 Å². The summed E-state index contributed by atoms with van der Waals surface area (Å²) in [5.41, 5.74) is 1.04. The van der Waals surface area contributed by atoms with Gasteiger partial charge in [0.2, 0.25) is 0 Å². The molecule has 3 unspecified atom stereocenters. The van der Waals surface area contributed by atoms with Crippen molar-refractivity contribution in [3.05, 3.63) is 34.9 Å². The molecule has 110 valence electrons. The average molecular weight is 296 g/mol. The van der Waals surface area contributed by atoms with E-state index in [9.17, 15) is 4.79 Å². The number of morpholine rings is 1. The Hall–Kier alpha value is -0.900. The van der Waals surface area contributed by atoms with Gasteiger partial charge in [-0.15, -0.1) is 0 Å². The van der Waals surface area contributed by atoms with Crippen molar-refractivity contribution in [1.82, 2.24) is 4.90 Å². The van der Waals surface area contributed by atoms with Gasteiger partial charge in [0.25, 0.3) is 0 Å². The molecule has 3 atom stereocenters. The summed E-state index contributed by atoms with van der Waals surface area (Å²) in [4.78, 5) is 14.3. The number of benzene rings is 1. The van der Waals surface area contributed by atoms with Crippen LogP contribution in [0.3, 0.4) is 0 Å². The maximum Gasteiger partial charge on any atom is 0.138 e. The quantitative estimate of drug-likeness (QED) is 0.855. The van der Waals surface area contributed by atoms with E-state index in [4.69, 9.17) is 16.3 Å². The SMILES string of the molecule is CC(=O)C(CN1CC(C)OC(C)C1)c1ccc(Cl)cc1. The topological polar surface area (TPSA) is 29.5 Å². The number of hydrogen-bond donors (Lipinski definition) is 0. The molecule has 0 amide bonds. The van der Waals surface area contributed by atoms with Crippen molar-refractivity contribution in [2.45, 2.75) is 38.9 Å². The summed E-state index contributed by atoms with van der Waals surface area (Å²) in [5.74, 6) is 0.101. The van der Waals surface area contributed by atoms with Gasteiger partial charge < -0.3 is 4.74 Å². The first-order valence-electron chi connectivity index (χ1n) is 7.09. The van der Waals surface area contributed by atoms with Crippen molar-refractivity contribution >= 4 is 17.4 Å². The number of rotatable bonds is 4. The van der Waals surface area contributed by atoms with Crippen LogP contribution < -0.4 is 0 Å². The van der Waals surface area contributed by atoms with Crippen molar-refractivity contribution in [3.8, 4) is 0 Å². The number of nitrogens with zero attached hydrogens (tertiary/aromatic N) is 1. The first kappa shape index (κ1) is 15.5. The van der Waals surface area contributed by atoms with Gasteiger partial charge in [0, 0.05) is 24.7 Å². The fourth-order valence-corrected chi connectivity index (χ4v) is 2.98. The third kappa shape index (κ3) is 4.05. The summed E-state index contributed by atoms with van der Waals surface area (Å²) in [7, 11) is 0. The number of carbonyl (C=O) groups is 1. The normalized spacial score (nSPS) is 25.4. The predicted molar refractivity (Wildman–Crippen MR) is 81.3 cm³/mol. The Labute approximate surface area is 125 Å². The van der Waals surface area contributed by atoms with Gasteiger partial charge in [-0.2, -0.15) is 0 Å². The summed E-state index contributed by atoms with van der Waals surface area (Å²) >= 11 is 5.91. The number of hydrogen-bond acceptors (Lipinski definition) is 3. The Morgan fingerprint density at radius 1 is 1.30 bits per heavy atom. The van der Waals surface area contributed by atoms with Gasteiger partial charge >= 0.3 is 0 Å². The lowest BCUT2D eigenvalue weighted by Gasteiger charge is -2.36. The third-order valence-corrected chi connectivity index (χ3v) is 3.95. The largest absolute Gasteiger partial charge is 0.373 e. The number of ketones is 1. The summed E-state index contributed by atoms with van der Waals surface area (Å²) in [5, 5.41) is 0.699. The molecular formula is C16H22ClNO2. The maximum absolute atomic E-state index is 12.0. The highest BCUT2D eigenvalue weighted by molar-refractivity contribution is 6.30. The van der Waals surface area contributed by atoms with Gasteiger partial charge in [-0.25, -0.2) is 0 Å². The van der Waals surface area contributed by atoms with Gasteiger partial charge in [-0.1, -0.05) is 23.7 Å². The molecule has 0 bridgehead atoms. The molecule has 0 saturated carbocycles. The lowest BCUT2D eigenvalue weighted by Crippen LogP contribution is -2.47. The Morgan fingerprint density at radius 2 is 1.85 bits per heavy atom. The fraction of sp³-hybridized carbons (Fsp3) is 0.562. The summed E-state index contributed by atoms with van der Waals surface area (Å²) in [6.07, 6.45) is 0.438. The highest BCUT2D eigenvalue weighted by atomic mass is 35.5. The Balaban J connectivity index is 2.09. The summed E-state index contributed by atoms with van der Waals surface area (Å²) < 4.78 is 5.74. The number of halogens is 1. The zero-order chi connectivity index (χ0) is 14.7. The average Bonchev–Trinajstić information content (AvgIpc) is 2.36.